The molecule has 4 N–H and O–H groups in total. The predicted molar refractivity (Wildman–Crippen MR) is 79.2 cm³/mol. The molecule has 0 aliphatic rings. The van der Waals surface area contributed by atoms with Crippen LogP contribution in [0.4, 0.5) is 11.4 Å². The summed E-state index contributed by atoms with van der Waals surface area (Å²) >= 11 is 0. The number of anilines is 2. The first-order valence-electron chi connectivity index (χ1n) is 6.14. The molecule has 0 amide bonds. The zero-order chi connectivity index (χ0) is 15.1. The Kier molecular flexibility index (Phi) is 3.47. The van der Waals surface area contributed by atoms with E-state index in [-0.39, 0.29) is 4.90 Å². The lowest BCUT2D eigenvalue weighted by Crippen LogP contribution is -2.16. The summed E-state index contributed by atoms with van der Waals surface area (Å²) in [6.45, 7) is 7.05. The van der Waals surface area contributed by atoms with E-state index < -0.39 is 10.0 Å². The topological polar surface area (TPSA) is 101 Å². The van der Waals surface area contributed by atoms with Gasteiger partial charge >= 0.3 is 0 Å². The van der Waals surface area contributed by atoms with Crippen molar-refractivity contribution in [1.29, 1.82) is 0 Å². The highest BCUT2D eigenvalue weighted by atomic mass is 32.2. The summed E-state index contributed by atoms with van der Waals surface area (Å²) in [5, 5.41) is 6.58. The Balaban J connectivity index is 2.53. The molecule has 1 aromatic carbocycles. The molecule has 0 atom stereocenters. The van der Waals surface area contributed by atoms with Crippen LogP contribution >= 0.6 is 0 Å². The molecule has 0 bridgehead atoms. The molecule has 0 spiro atoms. The van der Waals surface area contributed by atoms with Crippen molar-refractivity contribution in [2.75, 3.05) is 10.5 Å². The third kappa shape index (κ3) is 2.36. The number of sulfonamides is 1. The number of hydrogen-bond acceptors (Lipinski definition) is 4. The number of nitrogens with zero attached hydrogens (tertiary/aromatic N) is 1. The number of benzene rings is 1. The summed E-state index contributed by atoms with van der Waals surface area (Å²) in [7, 11) is -3.72. The summed E-state index contributed by atoms with van der Waals surface area (Å²) in [6, 6.07) is 3.55. The fourth-order valence-corrected chi connectivity index (χ4v) is 3.62. The number of rotatable bonds is 3. The van der Waals surface area contributed by atoms with E-state index in [9.17, 15) is 8.42 Å². The van der Waals surface area contributed by atoms with Gasteiger partial charge in [-0.1, -0.05) is 6.07 Å². The van der Waals surface area contributed by atoms with Gasteiger partial charge in [-0.05, 0) is 44.9 Å². The number of nitrogens with one attached hydrogen (secondary N) is 2. The highest BCUT2D eigenvalue weighted by Crippen LogP contribution is 2.29. The van der Waals surface area contributed by atoms with E-state index in [1.807, 2.05) is 19.9 Å². The van der Waals surface area contributed by atoms with E-state index >= 15 is 0 Å². The van der Waals surface area contributed by atoms with Gasteiger partial charge in [-0.3, -0.25) is 9.82 Å². The number of aromatic nitrogens is 2. The second-order valence-corrected chi connectivity index (χ2v) is 6.46. The molecule has 0 fully saturated rings. The van der Waals surface area contributed by atoms with E-state index in [0.29, 0.717) is 22.8 Å². The molecule has 1 aromatic heterocycles. The lowest BCUT2D eigenvalue weighted by Gasteiger charge is -2.14. The molecule has 1 heterocycles. The Morgan fingerprint density at radius 1 is 1.20 bits per heavy atom. The van der Waals surface area contributed by atoms with E-state index in [2.05, 4.69) is 14.9 Å². The molecular weight excluding hydrogens is 276 g/mol. The van der Waals surface area contributed by atoms with Crippen LogP contribution in [0.25, 0.3) is 0 Å². The highest BCUT2D eigenvalue weighted by Gasteiger charge is 2.23. The van der Waals surface area contributed by atoms with Crippen molar-refractivity contribution < 1.29 is 8.42 Å². The van der Waals surface area contributed by atoms with Gasteiger partial charge in [0.1, 0.15) is 4.90 Å². The first kappa shape index (κ1) is 14.4. The van der Waals surface area contributed by atoms with E-state index in [0.717, 1.165) is 11.1 Å². The van der Waals surface area contributed by atoms with Crippen LogP contribution in [-0.2, 0) is 10.0 Å². The summed E-state index contributed by atoms with van der Waals surface area (Å²) in [4.78, 5) is 0.165. The van der Waals surface area contributed by atoms with Crippen LogP contribution in [0, 0.1) is 27.7 Å². The van der Waals surface area contributed by atoms with Gasteiger partial charge in [0.05, 0.1) is 22.8 Å². The zero-order valence-corrected chi connectivity index (χ0v) is 12.7. The molecule has 0 saturated heterocycles. The summed E-state index contributed by atoms with van der Waals surface area (Å²) < 4.78 is 27.6. The van der Waals surface area contributed by atoms with E-state index in [4.69, 9.17) is 5.73 Å². The minimum atomic E-state index is -3.72. The fraction of sp³-hybridized carbons (Fsp3) is 0.308. The molecular formula is C13H18N4O2S. The van der Waals surface area contributed by atoms with Crippen molar-refractivity contribution >= 4 is 21.4 Å². The Hall–Kier alpha value is -2.02. The molecule has 6 nitrogen and oxygen atoms in total. The third-order valence-electron chi connectivity index (χ3n) is 3.33. The second-order valence-electron chi connectivity index (χ2n) is 4.84. The minimum absolute atomic E-state index is 0.165. The van der Waals surface area contributed by atoms with Gasteiger partial charge in [-0.15, -0.1) is 0 Å². The van der Waals surface area contributed by atoms with Gasteiger partial charge in [-0.2, -0.15) is 5.10 Å². The van der Waals surface area contributed by atoms with Gasteiger partial charge < -0.3 is 5.73 Å². The minimum Gasteiger partial charge on any atom is -0.397 e. The molecule has 0 aliphatic carbocycles. The van der Waals surface area contributed by atoms with Crippen molar-refractivity contribution in [2.24, 2.45) is 0 Å². The van der Waals surface area contributed by atoms with Gasteiger partial charge in [0.15, 0.2) is 0 Å². The van der Waals surface area contributed by atoms with E-state index in [1.54, 1.807) is 19.9 Å². The Labute approximate surface area is 118 Å². The van der Waals surface area contributed by atoms with E-state index in [1.165, 1.54) is 0 Å². The number of nitrogen functional groups attached to an aromatic ring is 1. The summed E-state index contributed by atoms with van der Waals surface area (Å²) in [5.74, 6) is 0. The van der Waals surface area contributed by atoms with Crippen LogP contribution in [-0.4, -0.2) is 18.6 Å². The Morgan fingerprint density at radius 3 is 2.40 bits per heavy atom. The number of aryl methyl sites for hydroxylation is 3. The first-order chi connectivity index (χ1) is 9.24. The molecule has 108 valence electrons. The second kappa shape index (κ2) is 4.82. The summed E-state index contributed by atoms with van der Waals surface area (Å²) in [5.41, 5.74) is 9.41. The van der Waals surface area contributed by atoms with Gasteiger partial charge in [0.2, 0.25) is 0 Å². The van der Waals surface area contributed by atoms with Gasteiger partial charge in [0.25, 0.3) is 10.0 Å². The molecule has 20 heavy (non-hydrogen) atoms. The monoisotopic (exact) mass is 294 g/mol. The molecule has 0 unspecified atom stereocenters. The van der Waals surface area contributed by atoms with Crippen LogP contribution in [0.3, 0.4) is 0 Å². The average molecular weight is 294 g/mol. The zero-order valence-electron chi connectivity index (χ0n) is 11.9. The highest BCUT2D eigenvalue weighted by molar-refractivity contribution is 7.92. The molecule has 0 saturated carbocycles. The maximum absolute atomic E-state index is 12.5. The lowest BCUT2D eigenvalue weighted by atomic mass is 10.1. The van der Waals surface area contributed by atoms with Crippen LogP contribution in [0.2, 0.25) is 0 Å². The smallest absolute Gasteiger partial charge is 0.265 e. The van der Waals surface area contributed by atoms with Gasteiger partial charge in [-0.25, -0.2) is 8.42 Å². The average Bonchev–Trinajstić information content (AvgIpc) is 2.70. The van der Waals surface area contributed by atoms with Crippen molar-refractivity contribution in [3.63, 3.8) is 0 Å². The largest absolute Gasteiger partial charge is 0.397 e. The van der Waals surface area contributed by atoms with Crippen molar-refractivity contribution in [1.82, 2.24) is 10.2 Å². The Bertz CT molecular complexity index is 743. The number of hydrogen-bond donors (Lipinski definition) is 3. The number of aromatic amines is 1. The molecule has 0 aliphatic heterocycles. The predicted octanol–water partition coefficient (Wildman–Crippen LogP) is 2.03. The number of H-pyrrole nitrogens is 1. The lowest BCUT2D eigenvalue weighted by molar-refractivity contribution is 0.600. The standard InChI is InChI=1S/C13H18N4O2S/c1-7-5-6-11(14)12(8(7)2)17-20(18,19)13-9(3)15-16-10(13)4/h5-6,17H,14H2,1-4H3,(H,15,16). The maximum atomic E-state index is 12.5. The normalized spacial score (nSPS) is 11.6. The van der Waals surface area contributed by atoms with Crippen LogP contribution in [0.15, 0.2) is 17.0 Å². The van der Waals surface area contributed by atoms with Crippen LogP contribution in [0.5, 0.6) is 0 Å². The van der Waals surface area contributed by atoms with Gasteiger partial charge in [0, 0.05) is 0 Å². The summed E-state index contributed by atoms with van der Waals surface area (Å²) in [6.07, 6.45) is 0. The third-order valence-corrected chi connectivity index (χ3v) is 4.95. The fourth-order valence-electron chi connectivity index (χ4n) is 2.09. The molecule has 2 rings (SSSR count). The molecule has 7 heteroatoms. The van der Waals surface area contributed by atoms with Crippen LogP contribution in [0.1, 0.15) is 22.5 Å². The van der Waals surface area contributed by atoms with Crippen LogP contribution < -0.4 is 10.5 Å². The maximum Gasteiger partial charge on any atom is 0.265 e. The molecule has 0 radical (unpaired) electrons. The molecule has 2 aromatic rings. The van der Waals surface area contributed by atoms with Crippen molar-refractivity contribution in [2.45, 2.75) is 32.6 Å². The number of nitrogens with two attached hydrogens (primary N) is 1. The SMILES string of the molecule is Cc1ccc(N)c(NS(=O)(=O)c2c(C)n[nH]c2C)c1C. The first-order valence-corrected chi connectivity index (χ1v) is 7.62. The Morgan fingerprint density at radius 2 is 1.85 bits per heavy atom. The van der Waals surface area contributed by atoms with Crippen molar-refractivity contribution in [3.8, 4) is 0 Å². The van der Waals surface area contributed by atoms with Crippen molar-refractivity contribution in [3.05, 3.63) is 34.6 Å². The quantitative estimate of drug-likeness (QED) is 0.754.